The minimum Gasteiger partial charge on any atom is -0.343 e. The van der Waals surface area contributed by atoms with E-state index in [2.05, 4.69) is 15.7 Å². The summed E-state index contributed by atoms with van der Waals surface area (Å²) in [5, 5.41) is 15.1. The number of hydrogen-bond acceptors (Lipinski definition) is 2. The second-order valence-corrected chi connectivity index (χ2v) is 5.17. The fourth-order valence-electron chi connectivity index (χ4n) is 2.42. The Balaban J connectivity index is 2.09. The van der Waals surface area contributed by atoms with Crippen molar-refractivity contribution in [3.63, 3.8) is 0 Å². The quantitative estimate of drug-likeness (QED) is 0.725. The van der Waals surface area contributed by atoms with Gasteiger partial charge in [-0.05, 0) is 30.5 Å². The van der Waals surface area contributed by atoms with E-state index in [4.69, 9.17) is 16.9 Å². The molecule has 0 fully saturated rings. The van der Waals surface area contributed by atoms with E-state index in [1.54, 1.807) is 4.68 Å². The van der Waals surface area contributed by atoms with Crippen LogP contribution in [0.2, 0.25) is 5.15 Å². The summed E-state index contributed by atoms with van der Waals surface area (Å²) in [6.45, 7) is 2.60. The van der Waals surface area contributed by atoms with Crippen LogP contribution in [0.15, 0.2) is 30.5 Å². The lowest BCUT2D eigenvalue weighted by molar-refractivity contribution is 0.757. The molecule has 20 heavy (non-hydrogen) atoms. The summed E-state index contributed by atoms with van der Waals surface area (Å²) in [5.74, 6) is 0. The van der Waals surface area contributed by atoms with E-state index in [1.165, 1.54) is 0 Å². The van der Waals surface area contributed by atoms with Crippen LogP contribution in [-0.4, -0.2) is 14.3 Å². The number of nitriles is 1. The highest BCUT2D eigenvalue weighted by Crippen LogP contribution is 2.23. The lowest BCUT2D eigenvalue weighted by Crippen LogP contribution is -1.99. The van der Waals surface area contributed by atoms with Gasteiger partial charge in [0.15, 0.2) is 0 Å². The Morgan fingerprint density at radius 2 is 2.15 bits per heavy atom. The molecule has 0 atom stereocenters. The molecule has 0 unspecified atom stereocenters. The van der Waals surface area contributed by atoms with Gasteiger partial charge in [0.2, 0.25) is 0 Å². The Morgan fingerprint density at radius 1 is 1.35 bits per heavy atom. The van der Waals surface area contributed by atoms with E-state index in [-0.39, 0.29) is 0 Å². The number of nitrogens with zero attached hydrogens (tertiary/aromatic N) is 4. The normalized spacial score (nSPS) is 10.9. The number of aromatic nitrogens is 3. The molecule has 2 aromatic heterocycles. The van der Waals surface area contributed by atoms with Crippen LogP contribution in [-0.2, 0) is 13.6 Å². The summed E-state index contributed by atoms with van der Waals surface area (Å²) in [6.07, 6.45) is 2.01. The molecule has 3 rings (SSSR count). The standard InChI is InChI=1S/C15H13ClN4/c1-10-13(15(16)19(2)18-10)9-20-6-5-12-4-3-11(8-17)7-14(12)20/h3-7H,9H2,1-2H3. The molecule has 0 saturated carbocycles. The first kappa shape index (κ1) is 12.8. The van der Waals surface area contributed by atoms with E-state index >= 15 is 0 Å². The van der Waals surface area contributed by atoms with Gasteiger partial charge in [0.1, 0.15) is 5.15 Å². The fourth-order valence-corrected chi connectivity index (χ4v) is 2.65. The number of fused-ring (bicyclic) bond motifs is 1. The average molecular weight is 285 g/mol. The maximum Gasteiger partial charge on any atom is 0.131 e. The Hall–Kier alpha value is -2.25. The lowest BCUT2D eigenvalue weighted by Gasteiger charge is -2.06. The molecular formula is C15H13ClN4. The summed E-state index contributed by atoms with van der Waals surface area (Å²) >= 11 is 6.28. The van der Waals surface area contributed by atoms with Gasteiger partial charge < -0.3 is 4.57 Å². The van der Waals surface area contributed by atoms with Gasteiger partial charge >= 0.3 is 0 Å². The van der Waals surface area contributed by atoms with E-state index in [9.17, 15) is 0 Å². The van der Waals surface area contributed by atoms with E-state index < -0.39 is 0 Å². The third-order valence-electron chi connectivity index (χ3n) is 3.50. The molecule has 0 N–H and O–H groups in total. The van der Waals surface area contributed by atoms with Gasteiger partial charge in [0.25, 0.3) is 0 Å². The van der Waals surface area contributed by atoms with E-state index in [0.29, 0.717) is 17.3 Å². The van der Waals surface area contributed by atoms with Gasteiger partial charge in [-0.25, -0.2) is 0 Å². The van der Waals surface area contributed by atoms with Gasteiger partial charge in [-0.3, -0.25) is 4.68 Å². The molecule has 0 bridgehead atoms. The van der Waals surface area contributed by atoms with Crippen molar-refractivity contribution in [1.82, 2.24) is 14.3 Å². The SMILES string of the molecule is Cc1nn(C)c(Cl)c1Cn1ccc2ccc(C#N)cc21. The Morgan fingerprint density at radius 3 is 2.80 bits per heavy atom. The van der Waals surface area contributed by atoms with Gasteiger partial charge in [0.05, 0.1) is 23.9 Å². The van der Waals surface area contributed by atoms with Crippen molar-refractivity contribution in [1.29, 1.82) is 5.26 Å². The van der Waals surface area contributed by atoms with Crippen molar-refractivity contribution in [2.45, 2.75) is 13.5 Å². The van der Waals surface area contributed by atoms with Crippen LogP contribution in [0, 0.1) is 18.3 Å². The summed E-state index contributed by atoms with van der Waals surface area (Å²) < 4.78 is 3.77. The molecule has 0 amide bonds. The van der Waals surface area contributed by atoms with Crippen molar-refractivity contribution < 1.29 is 0 Å². The highest BCUT2D eigenvalue weighted by molar-refractivity contribution is 6.30. The van der Waals surface area contributed by atoms with E-state index in [1.807, 2.05) is 44.4 Å². The Labute approximate surface area is 121 Å². The average Bonchev–Trinajstić information content (AvgIpc) is 2.95. The second-order valence-electron chi connectivity index (χ2n) is 4.81. The van der Waals surface area contributed by atoms with Crippen molar-refractivity contribution in [2.24, 2.45) is 7.05 Å². The van der Waals surface area contributed by atoms with Gasteiger partial charge in [-0.15, -0.1) is 0 Å². The predicted molar refractivity (Wildman–Crippen MR) is 78.7 cm³/mol. The monoisotopic (exact) mass is 284 g/mol. The van der Waals surface area contributed by atoms with Crippen molar-refractivity contribution in [2.75, 3.05) is 0 Å². The molecule has 0 aliphatic carbocycles. The van der Waals surface area contributed by atoms with Crippen LogP contribution in [0.25, 0.3) is 10.9 Å². The van der Waals surface area contributed by atoms with Crippen LogP contribution in [0.5, 0.6) is 0 Å². The number of benzene rings is 1. The minimum atomic E-state index is 0.650. The van der Waals surface area contributed by atoms with Crippen LogP contribution in [0.1, 0.15) is 16.8 Å². The van der Waals surface area contributed by atoms with Gasteiger partial charge in [-0.1, -0.05) is 17.7 Å². The Kier molecular flexibility index (Phi) is 3.00. The van der Waals surface area contributed by atoms with Crippen LogP contribution in [0.3, 0.4) is 0 Å². The number of aryl methyl sites for hydroxylation is 2. The van der Waals surface area contributed by atoms with Crippen molar-refractivity contribution in [3.8, 4) is 6.07 Å². The Bertz CT molecular complexity index is 836. The summed E-state index contributed by atoms with van der Waals surface area (Å²) in [6, 6.07) is 9.90. The molecule has 0 saturated heterocycles. The first-order valence-electron chi connectivity index (χ1n) is 6.27. The predicted octanol–water partition coefficient (Wildman–Crippen LogP) is 3.26. The molecule has 0 radical (unpaired) electrons. The first-order valence-corrected chi connectivity index (χ1v) is 6.65. The molecule has 1 aromatic carbocycles. The smallest absolute Gasteiger partial charge is 0.131 e. The van der Waals surface area contributed by atoms with Crippen molar-refractivity contribution >= 4 is 22.5 Å². The minimum absolute atomic E-state index is 0.650. The molecule has 4 nitrogen and oxygen atoms in total. The molecule has 0 aliphatic heterocycles. The van der Waals surface area contributed by atoms with Gasteiger partial charge in [0, 0.05) is 24.3 Å². The third-order valence-corrected chi connectivity index (χ3v) is 3.97. The zero-order chi connectivity index (χ0) is 14.3. The highest BCUT2D eigenvalue weighted by atomic mass is 35.5. The summed E-state index contributed by atoms with van der Waals surface area (Å²) in [5.41, 5.74) is 3.62. The zero-order valence-corrected chi connectivity index (χ0v) is 12.0. The third kappa shape index (κ3) is 1.97. The summed E-state index contributed by atoms with van der Waals surface area (Å²) in [4.78, 5) is 0. The first-order chi connectivity index (χ1) is 9.60. The summed E-state index contributed by atoms with van der Waals surface area (Å²) in [7, 11) is 1.83. The topological polar surface area (TPSA) is 46.5 Å². The van der Waals surface area contributed by atoms with Crippen LogP contribution < -0.4 is 0 Å². The molecule has 0 aliphatic rings. The lowest BCUT2D eigenvalue weighted by atomic mass is 10.2. The molecule has 100 valence electrons. The van der Waals surface area contributed by atoms with Crippen molar-refractivity contribution in [3.05, 3.63) is 52.4 Å². The number of hydrogen-bond donors (Lipinski definition) is 0. The molecule has 5 heteroatoms. The molecule has 3 aromatic rings. The van der Waals surface area contributed by atoms with Crippen LogP contribution >= 0.6 is 11.6 Å². The molecule has 2 heterocycles. The van der Waals surface area contributed by atoms with E-state index in [0.717, 1.165) is 22.2 Å². The second kappa shape index (κ2) is 4.69. The zero-order valence-electron chi connectivity index (χ0n) is 11.3. The molecule has 0 spiro atoms. The maximum absolute atomic E-state index is 9.01. The van der Waals surface area contributed by atoms with Crippen LogP contribution in [0.4, 0.5) is 0 Å². The number of rotatable bonds is 2. The van der Waals surface area contributed by atoms with Gasteiger partial charge in [-0.2, -0.15) is 10.4 Å². The fraction of sp³-hybridized carbons (Fsp3) is 0.200. The largest absolute Gasteiger partial charge is 0.343 e. The maximum atomic E-state index is 9.01. The highest BCUT2D eigenvalue weighted by Gasteiger charge is 2.12. The number of halogens is 1. The molecular weight excluding hydrogens is 272 g/mol.